The van der Waals surface area contributed by atoms with Crippen molar-refractivity contribution in [1.82, 2.24) is 14.7 Å². The largest absolute Gasteiger partial charge is 0.355 e. The first-order valence-electron chi connectivity index (χ1n) is 6.64. The Morgan fingerprint density at radius 3 is 2.94 bits per heavy atom. The molecule has 1 amide bonds. The van der Waals surface area contributed by atoms with Crippen LogP contribution in [-0.4, -0.2) is 27.3 Å². The number of nitrogens with zero attached hydrogens (tertiary/aromatic N) is 2. The monoisotopic (exact) mass is 266 g/mol. The summed E-state index contributed by atoms with van der Waals surface area (Å²) in [6, 6.07) is 0.591. The van der Waals surface area contributed by atoms with Gasteiger partial charge < -0.3 is 10.6 Å². The minimum atomic E-state index is 0.191. The van der Waals surface area contributed by atoms with Crippen LogP contribution in [0, 0.1) is 5.92 Å². The van der Waals surface area contributed by atoms with Crippen molar-refractivity contribution in [2.75, 3.05) is 5.32 Å². The molecule has 1 saturated carbocycles. The molecule has 98 valence electrons. The topological polar surface area (TPSA) is 66.9 Å². The molecule has 1 aromatic heterocycles. The van der Waals surface area contributed by atoms with Gasteiger partial charge in [-0.25, -0.2) is 4.98 Å². The van der Waals surface area contributed by atoms with Crippen molar-refractivity contribution in [3.05, 3.63) is 5.82 Å². The molecular formula is C12H18N4OS. The van der Waals surface area contributed by atoms with Crippen molar-refractivity contribution >= 4 is 22.6 Å². The molecular weight excluding hydrogens is 248 g/mol. The molecule has 0 radical (unpaired) electrons. The highest BCUT2D eigenvalue weighted by Crippen LogP contribution is 2.37. The fraction of sp³-hybridized carbons (Fsp3) is 0.750. The van der Waals surface area contributed by atoms with E-state index in [4.69, 9.17) is 0 Å². The van der Waals surface area contributed by atoms with Crippen molar-refractivity contribution < 1.29 is 4.79 Å². The minimum absolute atomic E-state index is 0.191. The summed E-state index contributed by atoms with van der Waals surface area (Å²) < 4.78 is 4.28. The average molecular weight is 266 g/mol. The highest BCUT2D eigenvalue weighted by molar-refractivity contribution is 7.09. The number of carbonyl (C=O) groups is 1. The molecule has 0 spiro atoms. The number of rotatable bonds is 4. The number of amides is 1. The molecule has 0 bridgehead atoms. The summed E-state index contributed by atoms with van der Waals surface area (Å²) in [7, 11) is 0. The zero-order valence-electron chi connectivity index (χ0n) is 10.5. The van der Waals surface area contributed by atoms with Gasteiger partial charge in [0.25, 0.3) is 0 Å². The van der Waals surface area contributed by atoms with Crippen molar-refractivity contribution in [1.29, 1.82) is 0 Å². The Balaban J connectivity index is 1.67. The third kappa shape index (κ3) is 2.48. The number of piperidine rings is 1. The van der Waals surface area contributed by atoms with E-state index in [0.717, 1.165) is 23.8 Å². The Morgan fingerprint density at radius 1 is 1.44 bits per heavy atom. The van der Waals surface area contributed by atoms with Gasteiger partial charge in [-0.15, -0.1) is 0 Å². The normalized spacial score (nSPS) is 27.9. The first-order chi connectivity index (χ1) is 8.76. The molecule has 1 aromatic rings. The van der Waals surface area contributed by atoms with Crippen LogP contribution in [0.3, 0.4) is 0 Å². The lowest BCUT2D eigenvalue weighted by atomic mass is 9.94. The van der Waals surface area contributed by atoms with Crippen molar-refractivity contribution in [3.63, 3.8) is 0 Å². The average Bonchev–Trinajstić information content (AvgIpc) is 3.12. The maximum atomic E-state index is 11.5. The number of anilines is 1. The lowest BCUT2D eigenvalue weighted by molar-refractivity contribution is -0.123. The first-order valence-corrected chi connectivity index (χ1v) is 7.42. The van der Waals surface area contributed by atoms with Gasteiger partial charge in [-0.3, -0.25) is 4.79 Å². The van der Waals surface area contributed by atoms with Gasteiger partial charge in [-0.2, -0.15) is 4.37 Å². The summed E-state index contributed by atoms with van der Waals surface area (Å²) in [5, 5.41) is 7.47. The Bertz CT molecular complexity index is 443. The second-order valence-electron chi connectivity index (χ2n) is 5.09. The molecule has 1 aliphatic carbocycles. The van der Waals surface area contributed by atoms with Gasteiger partial charge in [-0.1, -0.05) is 6.92 Å². The predicted octanol–water partition coefficient (Wildman–Crippen LogP) is 1.57. The Hall–Kier alpha value is -1.17. The van der Waals surface area contributed by atoms with Crippen LogP contribution in [0.1, 0.15) is 38.4 Å². The van der Waals surface area contributed by atoms with Crippen LogP contribution in [0.2, 0.25) is 0 Å². The summed E-state index contributed by atoms with van der Waals surface area (Å²) in [5.41, 5.74) is 0. The molecule has 1 saturated heterocycles. The first kappa shape index (κ1) is 11.9. The molecule has 0 aromatic carbocycles. The number of nitrogens with one attached hydrogen (secondary N) is 2. The smallest absolute Gasteiger partial charge is 0.220 e. The molecule has 0 unspecified atom stereocenters. The van der Waals surface area contributed by atoms with Gasteiger partial charge in [0.1, 0.15) is 5.82 Å². The summed E-state index contributed by atoms with van der Waals surface area (Å²) in [5.74, 6) is 1.74. The number of hydrogen-bond donors (Lipinski definition) is 2. The Labute approximate surface area is 111 Å². The zero-order chi connectivity index (χ0) is 12.5. The minimum Gasteiger partial charge on any atom is -0.355 e. The molecule has 5 nitrogen and oxygen atoms in total. The highest BCUT2D eigenvalue weighted by atomic mass is 32.1. The number of carbonyl (C=O) groups excluding carboxylic acids is 1. The van der Waals surface area contributed by atoms with Crippen LogP contribution < -0.4 is 10.6 Å². The fourth-order valence-corrected chi connectivity index (χ4v) is 3.22. The SMILES string of the molecule is CCc1nsc(N[C@H]2CCC(=O)N[C@@H]2C2CC2)n1. The van der Waals surface area contributed by atoms with Gasteiger partial charge in [0.2, 0.25) is 11.0 Å². The molecule has 2 heterocycles. The lowest BCUT2D eigenvalue weighted by Crippen LogP contribution is -2.52. The van der Waals surface area contributed by atoms with Crippen LogP contribution >= 0.6 is 11.5 Å². The van der Waals surface area contributed by atoms with Crippen molar-refractivity contribution in [2.45, 2.75) is 51.1 Å². The lowest BCUT2D eigenvalue weighted by Gasteiger charge is -2.32. The molecule has 1 aliphatic heterocycles. The summed E-state index contributed by atoms with van der Waals surface area (Å²) in [6.07, 6.45) is 4.85. The standard InChI is InChI=1S/C12H18N4OS/c1-2-9-14-12(18-16-9)13-8-5-6-10(17)15-11(8)7-3-4-7/h7-8,11H,2-6H2,1H3,(H,15,17)(H,13,14,16)/t8-,11+/m0/s1. The Kier molecular flexibility index (Phi) is 3.20. The number of hydrogen-bond acceptors (Lipinski definition) is 5. The Morgan fingerprint density at radius 2 is 2.28 bits per heavy atom. The summed E-state index contributed by atoms with van der Waals surface area (Å²) in [4.78, 5) is 15.9. The molecule has 18 heavy (non-hydrogen) atoms. The van der Waals surface area contributed by atoms with Gasteiger partial charge in [0.05, 0.1) is 6.04 Å². The van der Waals surface area contributed by atoms with Crippen LogP contribution in [-0.2, 0) is 11.2 Å². The van der Waals surface area contributed by atoms with E-state index in [0.29, 0.717) is 18.4 Å². The third-order valence-electron chi connectivity index (χ3n) is 3.67. The summed E-state index contributed by atoms with van der Waals surface area (Å²) in [6.45, 7) is 2.06. The third-order valence-corrected chi connectivity index (χ3v) is 4.35. The van der Waals surface area contributed by atoms with E-state index >= 15 is 0 Å². The van der Waals surface area contributed by atoms with E-state index in [2.05, 4.69) is 26.9 Å². The number of aromatic nitrogens is 2. The second kappa shape index (κ2) is 4.84. The van der Waals surface area contributed by atoms with Gasteiger partial charge in [0, 0.05) is 30.4 Å². The van der Waals surface area contributed by atoms with Crippen LogP contribution in [0.25, 0.3) is 0 Å². The van der Waals surface area contributed by atoms with E-state index in [1.165, 1.54) is 24.4 Å². The highest BCUT2D eigenvalue weighted by Gasteiger charge is 2.40. The predicted molar refractivity (Wildman–Crippen MR) is 70.6 cm³/mol. The van der Waals surface area contributed by atoms with Crippen molar-refractivity contribution in [2.24, 2.45) is 5.92 Å². The maximum absolute atomic E-state index is 11.5. The molecule has 6 heteroatoms. The quantitative estimate of drug-likeness (QED) is 0.868. The van der Waals surface area contributed by atoms with Crippen LogP contribution in [0.4, 0.5) is 5.13 Å². The van der Waals surface area contributed by atoms with E-state index < -0.39 is 0 Å². The number of aryl methyl sites for hydroxylation is 1. The molecule has 3 rings (SSSR count). The molecule has 2 N–H and O–H groups in total. The van der Waals surface area contributed by atoms with Gasteiger partial charge >= 0.3 is 0 Å². The second-order valence-corrected chi connectivity index (χ2v) is 5.84. The van der Waals surface area contributed by atoms with E-state index in [-0.39, 0.29) is 11.9 Å². The molecule has 2 atom stereocenters. The van der Waals surface area contributed by atoms with E-state index in [1.54, 1.807) is 0 Å². The van der Waals surface area contributed by atoms with E-state index in [9.17, 15) is 4.79 Å². The molecule has 2 fully saturated rings. The van der Waals surface area contributed by atoms with Gasteiger partial charge in [-0.05, 0) is 25.2 Å². The van der Waals surface area contributed by atoms with Gasteiger partial charge in [0.15, 0.2) is 0 Å². The fourth-order valence-electron chi connectivity index (χ4n) is 2.50. The summed E-state index contributed by atoms with van der Waals surface area (Å²) >= 11 is 1.42. The van der Waals surface area contributed by atoms with E-state index in [1.807, 2.05) is 0 Å². The maximum Gasteiger partial charge on any atom is 0.220 e. The van der Waals surface area contributed by atoms with Crippen LogP contribution in [0.5, 0.6) is 0 Å². The van der Waals surface area contributed by atoms with Crippen molar-refractivity contribution in [3.8, 4) is 0 Å². The zero-order valence-corrected chi connectivity index (χ0v) is 11.3. The van der Waals surface area contributed by atoms with Crippen LogP contribution in [0.15, 0.2) is 0 Å². The molecule has 2 aliphatic rings.